The number of hydrogen-bond donors (Lipinski definition) is 1. The Balaban J connectivity index is 1.36. The minimum absolute atomic E-state index is 0.206. The van der Waals surface area contributed by atoms with E-state index in [2.05, 4.69) is 15.5 Å². The third kappa shape index (κ3) is 5.19. The number of aryl methyl sites for hydroxylation is 1. The SMILES string of the molecule is CCOc1ccccc1NC(=O)N1CCCC1c1nc(CCOc2cccc(C)c2)no1. The maximum atomic E-state index is 13.0. The molecule has 1 unspecified atom stereocenters. The molecule has 32 heavy (non-hydrogen) atoms. The van der Waals surface area contributed by atoms with Crippen LogP contribution in [0.2, 0.25) is 0 Å². The zero-order valence-electron chi connectivity index (χ0n) is 18.4. The largest absolute Gasteiger partial charge is 0.493 e. The molecule has 3 aromatic rings. The summed E-state index contributed by atoms with van der Waals surface area (Å²) in [4.78, 5) is 19.2. The lowest BCUT2D eigenvalue weighted by Crippen LogP contribution is -2.34. The highest BCUT2D eigenvalue weighted by atomic mass is 16.5. The number of ether oxygens (including phenoxy) is 2. The van der Waals surface area contributed by atoms with E-state index in [1.165, 1.54) is 0 Å². The number of para-hydroxylation sites is 2. The van der Waals surface area contributed by atoms with Gasteiger partial charge in [0.15, 0.2) is 5.82 Å². The molecule has 1 aliphatic rings. The summed E-state index contributed by atoms with van der Waals surface area (Å²) in [5.74, 6) is 2.50. The molecule has 0 radical (unpaired) electrons. The van der Waals surface area contributed by atoms with Crippen LogP contribution in [0.1, 0.15) is 43.1 Å². The van der Waals surface area contributed by atoms with Crippen molar-refractivity contribution < 1.29 is 18.8 Å². The van der Waals surface area contributed by atoms with Gasteiger partial charge in [0.2, 0.25) is 5.89 Å². The maximum Gasteiger partial charge on any atom is 0.322 e. The number of carbonyl (C=O) groups excluding carboxylic acids is 1. The number of carbonyl (C=O) groups is 1. The topological polar surface area (TPSA) is 89.7 Å². The number of aromatic nitrogens is 2. The second-order valence-corrected chi connectivity index (χ2v) is 7.67. The first-order valence-electron chi connectivity index (χ1n) is 11.0. The van der Waals surface area contributed by atoms with E-state index >= 15 is 0 Å². The van der Waals surface area contributed by atoms with Gasteiger partial charge in [0.05, 0.1) is 18.9 Å². The van der Waals surface area contributed by atoms with E-state index in [4.69, 9.17) is 14.0 Å². The van der Waals surface area contributed by atoms with E-state index in [-0.39, 0.29) is 12.1 Å². The van der Waals surface area contributed by atoms with E-state index in [0.29, 0.717) is 49.3 Å². The van der Waals surface area contributed by atoms with Crippen LogP contribution in [0.15, 0.2) is 53.1 Å². The number of nitrogens with one attached hydrogen (secondary N) is 1. The summed E-state index contributed by atoms with van der Waals surface area (Å²) < 4.78 is 16.9. The fourth-order valence-electron chi connectivity index (χ4n) is 3.77. The fourth-order valence-corrected chi connectivity index (χ4v) is 3.77. The van der Waals surface area contributed by atoms with Gasteiger partial charge in [-0.25, -0.2) is 4.79 Å². The van der Waals surface area contributed by atoms with Crippen LogP contribution in [-0.4, -0.2) is 40.8 Å². The Kier molecular flexibility index (Phi) is 6.89. The van der Waals surface area contributed by atoms with Crippen LogP contribution in [0, 0.1) is 6.92 Å². The normalized spacial score (nSPS) is 15.6. The number of likely N-dealkylation sites (tertiary alicyclic amines) is 1. The van der Waals surface area contributed by atoms with Gasteiger partial charge in [0.25, 0.3) is 0 Å². The van der Waals surface area contributed by atoms with Crippen molar-refractivity contribution in [1.29, 1.82) is 0 Å². The average molecular weight is 437 g/mol. The van der Waals surface area contributed by atoms with Gasteiger partial charge < -0.3 is 24.2 Å². The Labute approximate surface area is 187 Å². The Morgan fingerprint density at radius 1 is 1.22 bits per heavy atom. The fraction of sp³-hybridized carbons (Fsp3) is 0.375. The lowest BCUT2D eigenvalue weighted by Gasteiger charge is -2.23. The van der Waals surface area contributed by atoms with Crippen LogP contribution in [0.4, 0.5) is 10.5 Å². The van der Waals surface area contributed by atoms with Crippen LogP contribution in [-0.2, 0) is 6.42 Å². The number of urea groups is 1. The van der Waals surface area contributed by atoms with Crippen molar-refractivity contribution in [1.82, 2.24) is 15.0 Å². The van der Waals surface area contributed by atoms with E-state index < -0.39 is 0 Å². The lowest BCUT2D eigenvalue weighted by atomic mass is 10.2. The zero-order valence-corrected chi connectivity index (χ0v) is 18.4. The van der Waals surface area contributed by atoms with Crippen LogP contribution in [0.5, 0.6) is 11.5 Å². The minimum atomic E-state index is -0.242. The van der Waals surface area contributed by atoms with Gasteiger partial charge in [0, 0.05) is 13.0 Å². The summed E-state index contributed by atoms with van der Waals surface area (Å²) >= 11 is 0. The van der Waals surface area contributed by atoms with Gasteiger partial charge in [-0.3, -0.25) is 0 Å². The highest BCUT2D eigenvalue weighted by Gasteiger charge is 2.34. The van der Waals surface area contributed by atoms with Crippen LogP contribution in [0.25, 0.3) is 0 Å². The molecule has 1 aliphatic heterocycles. The van der Waals surface area contributed by atoms with Crippen molar-refractivity contribution in [3.8, 4) is 11.5 Å². The van der Waals surface area contributed by atoms with E-state index in [1.54, 1.807) is 4.90 Å². The molecule has 0 saturated carbocycles. The predicted octanol–water partition coefficient (Wildman–Crippen LogP) is 4.77. The first-order chi connectivity index (χ1) is 15.6. The summed E-state index contributed by atoms with van der Waals surface area (Å²) in [5.41, 5.74) is 1.79. The molecule has 2 heterocycles. The molecule has 2 amide bonds. The Morgan fingerprint density at radius 3 is 2.94 bits per heavy atom. The first-order valence-corrected chi connectivity index (χ1v) is 11.0. The third-order valence-electron chi connectivity index (χ3n) is 5.29. The third-order valence-corrected chi connectivity index (χ3v) is 5.29. The average Bonchev–Trinajstić information content (AvgIpc) is 3.45. The zero-order chi connectivity index (χ0) is 22.3. The number of anilines is 1. The summed E-state index contributed by atoms with van der Waals surface area (Å²) in [6.07, 6.45) is 2.18. The number of amides is 2. The molecule has 1 atom stereocenters. The smallest absolute Gasteiger partial charge is 0.322 e. The molecular weight excluding hydrogens is 408 g/mol. The van der Waals surface area contributed by atoms with Gasteiger partial charge in [-0.1, -0.05) is 29.4 Å². The summed E-state index contributed by atoms with van der Waals surface area (Å²) in [6.45, 7) is 5.54. The van der Waals surface area contributed by atoms with Gasteiger partial charge in [-0.05, 0) is 56.5 Å². The second kappa shape index (κ2) is 10.2. The second-order valence-electron chi connectivity index (χ2n) is 7.67. The molecule has 1 aromatic heterocycles. The number of hydrogen-bond acceptors (Lipinski definition) is 6. The highest BCUT2D eigenvalue weighted by molar-refractivity contribution is 5.91. The molecule has 1 saturated heterocycles. The van der Waals surface area contributed by atoms with Crippen LogP contribution < -0.4 is 14.8 Å². The minimum Gasteiger partial charge on any atom is -0.493 e. The van der Waals surface area contributed by atoms with Crippen molar-refractivity contribution in [2.75, 3.05) is 25.1 Å². The molecule has 2 aromatic carbocycles. The first kappa shape index (κ1) is 21.7. The Morgan fingerprint density at radius 2 is 2.09 bits per heavy atom. The van der Waals surface area contributed by atoms with Crippen molar-refractivity contribution in [3.05, 3.63) is 65.8 Å². The molecule has 0 bridgehead atoms. The van der Waals surface area contributed by atoms with Crippen molar-refractivity contribution in [2.45, 2.75) is 39.2 Å². The van der Waals surface area contributed by atoms with E-state index in [1.807, 2.05) is 62.4 Å². The summed E-state index contributed by atoms with van der Waals surface area (Å²) in [6, 6.07) is 14.9. The molecule has 1 fully saturated rings. The molecule has 168 valence electrons. The van der Waals surface area contributed by atoms with Gasteiger partial charge in [-0.15, -0.1) is 0 Å². The van der Waals surface area contributed by atoms with E-state index in [9.17, 15) is 4.79 Å². The molecule has 8 heteroatoms. The van der Waals surface area contributed by atoms with Crippen molar-refractivity contribution in [2.24, 2.45) is 0 Å². The predicted molar refractivity (Wildman–Crippen MR) is 120 cm³/mol. The molecule has 4 rings (SSSR count). The van der Waals surface area contributed by atoms with Gasteiger partial charge >= 0.3 is 6.03 Å². The lowest BCUT2D eigenvalue weighted by molar-refractivity contribution is 0.193. The molecule has 0 aliphatic carbocycles. The van der Waals surface area contributed by atoms with Gasteiger partial charge in [-0.2, -0.15) is 4.98 Å². The quantitative estimate of drug-likeness (QED) is 0.547. The maximum absolute atomic E-state index is 13.0. The summed E-state index contributed by atoms with van der Waals surface area (Å²) in [5, 5.41) is 7.03. The molecule has 0 spiro atoms. The number of benzene rings is 2. The Hall–Kier alpha value is -3.55. The Bertz CT molecular complexity index is 1050. The summed E-state index contributed by atoms with van der Waals surface area (Å²) in [7, 11) is 0. The van der Waals surface area contributed by atoms with Crippen molar-refractivity contribution >= 4 is 11.7 Å². The number of nitrogens with zero attached hydrogens (tertiary/aromatic N) is 3. The van der Waals surface area contributed by atoms with Gasteiger partial charge in [0.1, 0.15) is 17.5 Å². The highest BCUT2D eigenvalue weighted by Crippen LogP contribution is 2.32. The molecular formula is C24H28N4O4. The number of rotatable bonds is 8. The van der Waals surface area contributed by atoms with E-state index in [0.717, 1.165) is 24.2 Å². The van der Waals surface area contributed by atoms with Crippen molar-refractivity contribution in [3.63, 3.8) is 0 Å². The monoisotopic (exact) mass is 436 g/mol. The van der Waals surface area contributed by atoms with Crippen LogP contribution in [0.3, 0.4) is 0 Å². The molecule has 1 N–H and O–H groups in total. The van der Waals surface area contributed by atoms with Crippen LogP contribution >= 0.6 is 0 Å². The standard InChI is InChI=1S/C24H28N4O4/c1-3-30-21-12-5-4-10-19(21)25-24(29)28-14-7-11-20(28)23-26-22(27-32-23)13-15-31-18-9-6-8-17(2)16-18/h4-6,8-10,12,16,20H,3,7,11,13-15H2,1-2H3,(H,25,29). The molecule has 8 nitrogen and oxygen atoms in total.